The van der Waals surface area contributed by atoms with E-state index in [9.17, 15) is 5.11 Å². The van der Waals surface area contributed by atoms with Gasteiger partial charge in [-0.1, -0.05) is 25.0 Å². The van der Waals surface area contributed by atoms with Gasteiger partial charge in [-0.3, -0.25) is 0 Å². The molecule has 0 bridgehead atoms. The smallest absolute Gasteiger partial charge is 0.118 e. The third kappa shape index (κ3) is 2.70. The summed E-state index contributed by atoms with van der Waals surface area (Å²) in [5.74, 6) is 1.38. The van der Waals surface area contributed by atoms with Crippen molar-refractivity contribution in [2.75, 3.05) is 13.7 Å². The number of benzene rings is 1. The van der Waals surface area contributed by atoms with E-state index in [0.717, 1.165) is 31.6 Å². The van der Waals surface area contributed by atoms with E-state index in [1.165, 1.54) is 24.8 Å². The lowest BCUT2D eigenvalue weighted by Gasteiger charge is -2.46. The highest BCUT2D eigenvalue weighted by atomic mass is 16.5. The molecule has 2 fully saturated rings. The first kappa shape index (κ1) is 13.9. The zero-order valence-corrected chi connectivity index (χ0v) is 12.3. The van der Waals surface area contributed by atoms with Crippen molar-refractivity contribution < 1.29 is 15.2 Å². The van der Waals surface area contributed by atoms with E-state index < -0.39 is 0 Å². The molecular formula is C17H26NO2+. The number of quaternary nitrogens is 1. The van der Waals surface area contributed by atoms with Gasteiger partial charge in [0.15, 0.2) is 0 Å². The number of methoxy groups -OCH3 is 1. The maximum Gasteiger partial charge on any atom is 0.118 e. The molecular weight excluding hydrogens is 250 g/mol. The van der Waals surface area contributed by atoms with E-state index in [2.05, 4.69) is 17.4 Å². The molecule has 1 aromatic rings. The lowest BCUT2D eigenvalue weighted by Crippen LogP contribution is -2.96. The number of fused-ring (bicyclic) bond motifs is 1. The summed E-state index contributed by atoms with van der Waals surface area (Å²) in [4.78, 5) is 0. The monoisotopic (exact) mass is 276 g/mol. The van der Waals surface area contributed by atoms with Crippen molar-refractivity contribution in [3.8, 4) is 5.75 Å². The molecule has 1 aliphatic heterocycles. The minimum absolute atomic E-state index is 0.385. The van der Waals surface area contributed by atoms with Gasteiger partial charge in [0.25, 0.3) is 0 Å². The molecule has 2 aliphatic rings. The Labute approximate surface area is 121 Å². The summed E-state index contributed by atoms with van der Waals surface area (Å²) < 4.78 is 5.21. The van der Waals surface area contributed by atoms with Crippen LogP contribution in [-0.2, 0) is 6.42 Å². The lowest BCUT2D eigenvalue weighted by molar-refractivity contribution is -0.712. The predicted octanol–water partition coefficient (Wildman–Crippen LogP) is 1.49. The van der Waals surface area contributed by atoms with Crippen LogP contribution in [0.2, 0.25) is 0 Å². The number of hydrogen-bond donors (Lipinski definition) is 2. The van der Waals surface area contributed by atoms with Crippen LogP contribution in [0.3, 0.4) is 0 Å². The van der Waals surface area contributed by atoms with E-state index in [-0.39, 0.29) is 5.60 Å². The van der Waals surface area contributed by atoms with E-state index in [4.69, 9.17) is 4.74 Å². The summed E-state index contributed by atoms with van der Waals surface area (Å²) >= 11 is 0. The summed E-state index contributed by atoms with van der Waals surface area (Å²) in [5, 5.41) is 13.3. The molecule has 0 unspecified atom stereocenters. The van der Waals surface area contributed by atoms with Crippen LogP contribution in [-0.4, -0.2) is 30.4 Å². The highest BCUT2D eigenvalue weighted by molar-refractivity contribution is 5.27. The average Bonchev–Trinajstić information content (AvgIpc) is 2.48. The summed E-state index contributed by atoms with van der Waals surface area (Å²) in [6.07, 6.45) is 6.69. The van der Waals surface area contributed by atoms with Crippen molar-refractivity contribution >= 4 is 0 Å². The second kappa shape index (κ2) is 5.74. The maximum atomic E-state index is 10.9. The topological polar surface area (TPSA) is 46.1 Å². The molecule has 0 radical (unpaired) electrons. The molecule has 1 heterocycles. The van der Waals surface area contributed by atoms with Crippen LogP contribution in [0.4, 0.5) is 0 Å². The molecule has 3 atom stereocenters. The van der Waals surface area contributed by atoms with E-state index in [0.29, 0.717) is 12.0 Å². The summed E-state index contributed by atoms with van der Waals surface area (Å²) in [6, 6.07) is 8.91. The van der Waals surface area contributed by atoms with Crippen LogP contribution in [0.1, 0.15) is 37.7 Å². The van der Waals surface area contributed by atoms with Crippen molar-refractivity contribution in [3.63, 3.8) is 0 Å². The molecule has 20 heavy (non-hydrogen) atoms. The zero-order chi connectivity index (χ0) is 14.0. The fourth-order valence-corrected chi connectivity index (χ4v) is 4.14. The Morgan fingerprint density at radius 3 is 2.80 bits per heavy atom. The number of rotatable bonds is 3. The number of aliphatic hydroxyl groups is 1. The lowest BCUT2D eigenvalue weighted by atomic mass is 9.67. The average molecular weight is 276 g/mol. The van der Waals surface area contributed by atoms with Crippen LogP contribution in [0, 0.1) is 5.92 Å². The van der Waals surface area contributed by atoms with Crippen molar-refractivity contribution in [1.29, 1.82) is 0 Å². The summed E-state index contributed by atoms with van der Waals surface area (Å²) in [6.45, 7) is 1.06. The van der Waals surface area contributed by atoms with Crippen molar-refractivity contribution in [3.05, 3.63) is 29.8 Å². The molecule has 0 aromatic heterocycles. The molecule has 1 saturated carbocycles. The molecule has 3 nitrogen and oxygen atoms in total. The number of piperidine rings is 1. The SMILES string of the molecule is COc1ccc(C[C@@H]2[NH2+]CC[C@@]3(O)CCCC[C@H]23)cc1. The summed E-state index contributed by atoms with van der Waals surface area (Å²) in [5.41, 5.74) is 0.964. The molecule has 3 rings (SSSR count). The van der Waals surface area contributed by atoms with Crippen molar-refractivity contribution in [2.45, 2.75) is 50.2 Å². The summed E-state index contributed by atoms with van der Waals surface area (Å²) in [7, 11) is 1.70. The van der Waals surface area contributed by atoms with E-state index in [1.807, 2.05) is 12.1 Å². The first-order valence-corrected chi connectivity index (χ1v) is 7.90. The van der Waals surface area contributed by atoms with Crippen LogP contribution >= 0.6 is 0 Å². The van der Waals surface area contributed by atoms with Crippen LogP contribution in [0.5, 0.6) is 5.75 Å². The van der Waals surface area contributed by atoms with Gasteiger partial charge in [0, 0.05) is 18.8 Å². The van der Waals surface area contributed by atoms with Gasteiger partial charge >= 0.3 is 0 Å². The fourth-order valence-electron chi connectivity index (χ4n) is 4.14. The molecule has 3 N–H and O–H groups in total. The molecule has 1 aromatic carbocycles. The minimum atomic E-state index is -0.385. The molecule has 1 aliphatic carbocycles. The third-order valence-corrected chi connectivity index (χ3v) is 5.26. The predicted molar refractivity (Wildman–Crippen MR) is 78.8 cm³/mol. The zero-order valence-electron chi connectivity index (χ0n) is 12.3. The Morgan fingerprint density at radius 2 is 2.05 bits per heavy atom. The number of ether oxygens (including phenoxy) is 1. The van der Waals surface area contributed by atoms with Crippen molar-refractivity contribution in [1.82, 2.24) is 0 Å². The van der Waals surface area contributed by atoms with Gasteiger partial charge in [-0.05, 0) is 30.5 Å². The largest absolute Gasteiger partial charge is 0.497 e. The highest BCUT2D eigenvalue weighted by Gasteiger charge is 2.47. The van der Waals surface area contributed by atoms with E-state index in [1.54, 1.807) is 7.11 Å². The molecule has 0 amide bonds. The van der Waals surface area contributed by atoms with Gasteiger partial charge < -0.3 is 15.2 Å². The Bertz CT molecular complexity index is 441. The van der Waals surface area contributed by atoms with Crippen LogP contribution in [0.25, 0.3) is 0 Å². The van der Waals surface area contributed by atoms with E-state index >= 15 is 0 Å². The highest BCUT2D eigenvalue weighted by Crippen LogP contribution is 2.39. The van der Waals surface area contributed by atoms with Gasteiger partial charge in [-0.25, -0.2) is 0 Å². The fraction of sp³-hybridized carbons (Fsp3) is 0.647. The second-order valence-corrected chi connectivity index (χ2v) is 6.45. The van der Waals surface area contributed by atoms with Crippen LogP contribution in [0.15, 0.2) is 24.3 Å². The standard InChI is InChI=1S/C17H25NO2/c1-20-14-7-5-13(6-8-14)12-16-15-4-2-3-9-17(15,19)10-11-18-16/h5-8,15-16,18-19H,2-4,9-12H2,1H3/p+1/t15-,16+,17+/m1/s1. The maximum absolute atomic E-state index is 10.9. The number of nitrogens with two attached hydrogens (primary N) is 1. The van der Waals surface area contributed by atoms with Gasteiger partial charge in [-0.15, -0.1) is 0 Å². The third-order valence-electron chi connectivity index (χ3n) is 5.26. The Kier molecular flexibility index (Phi) is 3.99. The first-order chi connectivity index (χ1) is 9.71. The van der Waals surface area contributed by atoms with Gasteiger partial charge in [0.05, 0.1) is 25.3 Å². The molecule has 110 valence electrons. The van der Waals surface area contributed by atoms with Gasteiger partial charge in [0.2, 0.25) is 0 Å². The van der Waals surface area contributed by atoms with Gasteiger partial charge in [0.1, 0.15) is 5.75 Å². The minimum Gasteiger partial charge on any atom is -0.497 e. The number of hydrogen-bond acceptors (Lipinski definition) is 2. The van der Waals surface area contributed by atoms with Crippen molar-refractivity contribution in [2.24, 2.45) is 5.92 Å². The Hall–Kier alpha value is -1.06. The second-order valence-electron chi connectivity index (χ2n) is 6.45. The Balaban J connectivity index is 1.71. The van der Waals surface area contributed by atoms with Crippen LogP contribution < -0.4 is 10.1 Å². The van der Waals surface area contributed by atoms with Gasteiger partial charge in [-0.2, -0.15) is 0 Å². The molecule has 3 heteroatoms. The quantitative estimate of drug-likeness (QED) is 0.879. The normalized spacial score (nSPS) is 33.5. The molecule has 1 saturated heterocycles. The first-order valence-electron chi connectivity index (χ1n) is 7.90. The molecule has 0 spiro atoms. The Morgan fingerprint density at radius 1 is 1.25 bits per heavy atom.